The van der Waals surface area contributed by atoms with Crippen molar-refractivity contribution in [2.75, 3.05) is 145 Å². The Morgan fingerprint density at radius 3 is 1.33 bits per heavy atom. The average Bonchev–Trinajstić information content (AvgIpc) is 1.65. The highest BCUT2D eigenvalue weighted by molar-refractivity contribution is 7.93. The lowest BCUT2D eigenvalue weighted by atomic mass is 10.1. The van der Waals surface area contributed by atoms with E-state index in [0.717, 1.165) is 135 Å². The van der Waals surface area contributed by atoms with E-state index in [2.05, 4.69) is 63.2 Å². The fraction of sp³-hybridized carbons (Fsp3) is 0.346. The molecule has 0 aromatic heterocycles. The van der Waals surface area contributed by atoms with Gasteiger partial charge in [-0.15, -0.1) is 11.6 Å². The van der Waals surface area contributed by atoms with E-state index in [0.29, 0.717) is 82.7 Å². The Kier molecular flexibility index (Phi) is 47.3. The van der Waals surface area contributed by atoms with Crippen LogP contribution in [0.1, 0.15) is 126 Å². The number of nitrogens with one attached hydrogen (secondary N) is 9. The van der Waals surface area contributed by atoms with Crippen molar-refractivity contribution in [1.82, 2.24) is 28.7 Å². The number of carbonyl (C=O) groups excluding carboxylic acids is 4. The third kappa shape index (κ3) is 40.8. The van der Waals surface area contributed by atoms with Gasteiger partial charge in [-0.05, 0) is 240 Å². The molecule has 5 fully saturated rings. The van der Waals surface area contributed by atoms with Gasteiger partial charge >= 0.3 is 48.8 Å². The van der Waals surface area contributed by atoms with Crippen LogP contribution in [0.5, 0.6) is 0 Å². The van der Waals surface area contributed by atoms with Crippen LogP contribution in [-0.4, -0.2) is 187 Å². The van der Waals surface area contributed by atoms with Crippen molar-refractivity contribution in [3.8, 4) is 0 Å². The summed E-state index contributed by atoms with van der Waals surface area (Å²) in [7, 11) is -16.8. The average molecular weight is 2150 g/mol. The second kappa shape index (κ2) is 58.2. The summed E-state index contributed by atoms with van der Waals surface area (Å²) in [5.74, 6) is 0.665. The number of alkyl halides is 1. The molecule has 1 aliphatic carbocycles. The first-order chi connectivity index (χ1) is 69.7. The van der Waals surface area contributed by atoms with Crippen LogP contribution >= 0.6 is 11.6 Å². The molecule has 6 aliphatic rings. The molecule has 33 nitrogen and oxygen atoms in total. The number of aryl methyl sites for hydroxylation is 10. The quantitative estimate of drug-likeness (QED) is 0.0302. The molecule has 5 heterocycles. The summed E-state index contributed by atoms with van der Waals surface area (Å²) in [6, 6.07) is 83.7. The number of benzene rings is 11. The number of amides is 6. The monoisotopic (exact) mass is 2150 g/mol. The summed E-state index contributed by atoms with van der Waals surface area (Å²) < 4.78 is 162. The number of rotatable bonds is 21. The number of nitrogens with zero attached hydrogens (tertiary/aromatic N) is 7. The molecule has 9 N–H and O–H groups in total. The van der Waals surface area contributed by atoms with E-state index in [1.165, 1.54) is 68.0 Å². The van der Waals surface area contributed by atoms with E-state index in [4.69, 9.17) is 11.6 Å². The summed E-state index contributed by atoms with van der Waals surface area (Å²) in [5.41, 5.74) is 21.2. The van der Waals surface area contributed by atoms with E-state index in [9.17, 15) is 69.7 Å². The smallest absolute Gasteiger partial charge is 0.411 e. The van der Waals surface area contributed by atoms with Crippen LogP contribution in [0.25, 0.3) is 0 Å². The number of halogens is 1. The Morgan fingerprint density at radius 1 is 0.442 bits per heavy atom. The minimum Gasteiger partial charge on any atom is -0.453 e. The van der Waals surface area contributed by atoms with Gasteiger partial charge in [0.25, 0.3) is 10.2 Å². The summed E-state index contributed by atoms with van der Waals surface area (Å²) in [6.07, 6.45) is 8.85. The van der Waals surface area contributed by atoms with Crippen LogP contribution in [0.2, 0.25) is 0 Å². The van der Waals surface area contributed by atoms with Gasteiger partial charge < -0.3 is 30.9 Å². The Hall–Kier alpha value is -12.7. The number of hydrogen-bond acceptors (Lipinski definition) is 17. The van der Waals surface area contributed by atoms with Gasteiger partial charge in [0.1, 0.15) is 0 Å². The van der Waals surface area contributed by atoms with Crippen molar-refractivity contribution in [3.05, 3.63) is 334 Å². The molecule has 11 aromatic carbocycles. The van der Waals surface area contributed by atoms with Crippen molar-refractivity contribution in [3.63, 3.8) is 0 Å². The second-order valence-corrected chi connectivity index (χ2v) is 46.9. The number of likely N-dealkylation sites (N-methyl/N-ethyl adjacent to an activating group) is 1. The number of urea groups is 2. The fourth-order valence-electron chi connectivity index (χ4n) is 15.0. The first-order valence-corrected chi connectivity index (χ1v) is 58.1. The summed E-state index contributed by atoms with van der Waals surface area (Å²) in [5, 5.41) is 13.9. The Morgan fingerprint density at radius 2 is 0.891 bits per heavy atom. The topological polar surface area (TPSA) is 413 Å². The predicted molar refractivity (Wildman–Crippen MR) is 598 cm³/mol. The van der Waals surface area contributed by atoms with E-state index >= 15 is 0 Å². The van der Waals surface area contributed by atoms with Crippen molar-refractivity contribution < 1.29 is 74.4 Å². The minimum absolute atomic E-state index is 0.0873. The molecular formula is C107H141ClN16O17S6. The molecule has 5 aliphatic heterocycles. The Labute approximate surface area is 875 Å². The molecule has 4 saturated heterocycles. The highest BCUT2D eigenvalue weighted by Gasteiger charge is 2.38. The standard InChI is InChI=1S/C16H18N2O2S.C13H18N2O.C11H16N2O.C11H15NO2S.C11H13NO.C10H14N2O2S.C9H13ClN2O2S.C9H12N2O2S.C9H11NO2.C8H11NO2S/c1-14-7-9-16(10-8-14)18-12-11-17(21(18,19)20)13-15-5-3-2-4-6-15;1-10-6-8-12(9-7-10)15-13(16)14-11-4-2-3-5-11;1-3-8-12-11(14)13-10-6-4-9(2)5-7-10;1-3-15(13,14)12-7-6-10-8-9(2)4-5-11(10)12;1-9-4-6-10(7-5-9)12-8-2-3-11(12)13;1-9-3-5-10(6-4-9)12-8-7-11(2)15(12,13)14;1-8-2-4-9(5-3-8)12-15(13,14)11-7-6-10;1-8-2-4-9(5-3-8)11-7-6-10-14(11,12)13;1-7-3-5-8(6-4-7)10-9(11)12-2;1-7-4-3-5-8(6-7)9-12(2,10)11/h2-10H,11-13H2,1H3;6-9,11H,2-5H2,1H3,(H2,14,15,16);4-7H,3,8H2,1-2H3,(H2,12,13,14);4-5,8H,3,6-7H2,1-2H3;4-7H,2-3,8H2,1H3;3-6H,7-8H2,1-2H3;2-5,11-12H,6-7H2,1H3;2-5,10H,6-7H2,1H3;3-6H,1-2H3,(H,10,11);3-6,9H,1-2H3. The maximum Gasteiger partial charge on any atom is 0.411 e. The molecular weight excluding hydrogens is 2010 g/mol. The van der Waals surface area contributed by atoms with Gasteiger partial charge in [0, 0.05) is 132 Å². The lowest BCUT2D eigenvalue weighted by Gasteiger charge is -2.20. The van der Waals surface area contributed by atoms with Gasteiger partial charge in [-0.1, -0.05) is 221 Å². The first-order valence-electron chi connectivity index (χ1n) is 48.3. The molecule has 17 rings (SSSR count). The van der Waals surface area contributed by atoms with Crippen molar-refractivity contribution in [2.45, 2.75) is 147 Å². The van der Waals surface area contributed by atoms with Gasteiger partial charge in [-0.25, -0.2) is 31.2 Å². The molecule has 0 spiro atoms. The summed E-state index contributed by atoms with van der Waals surface area (Å²) in [4.78, 5) is 46.8. The molecule has 11 aromatic rings. The zero-order valence-corrected chi connectivity index (χ0v) is 91.9. The molecule has 40 heteroatoms. The SMILES string of the molecule is CCCNC(=O)Nc1ccc(C)cc1.CCS(=O)(=O)N1CCc2cc(C)ccc21.COC(=O)Nc1ccc(C)cc1.Cc1ccc(N2CCCC2=O)cc1.Cc1ccc(N2CCN(C)S2(=O)=O)cc1.Cc1ccc(N2CCN(Cc3ccccc3)S2(=O)=O)cc1.Cc1ccc(N2CCNS2(=O)=O)cc1.Cc1ccc(NC(=O)NC2CCCC2)cc1.Cc1ccc(NS(=O)(=O)NCCCl)cc1.Cc1cccc(NS(C)(=O)=O)c1. The fourth-order valence-corrected chi connectivity index (χ4v) is 22.0. The predicted octanol–water partition coefficient (Wildman–Crippen LogP) is 18.6. The van der Waals surface area contributed by atoms with Gasteiger partial charge in [0.2, 0.25) is 26.0 Å². The third-order valence-electron chi connectivity index (χ3n) is 23.1. The van der Waals surface area contributed by atoms with Crippen LogP contribution in [0.4, 0.5) is 71.3 Å². The number of anilines is 10. The molecule has 794 valence electrons. The van der Waals surface area contributed by atoms with Crippen LogP contribution in [-0.2, 0) is 83.4 Å². The first kappa shape index (κ1) is 120. The molecule has 0 atom stereocenters. The van der Waals surface area contributed by atoms with Gasteiger partial charge in [0.05, 0.1) is 41.9 Å². The summed E-state index contributed by atoms with van der Waals surface area (Å²) in [6.45, 7) is 29.5. The molecule has 1 saturated carbocycles. The van der Waals surface area contributed by atoms with E-state index in [1.807, 2.05) is 311 Å². The van der Waals surface area contributed by atoms with Gasteiger partial charge in [-0.3, -0.25) is 36.8 Å². The molecule has 0 radical (unpaired) electrons. The highest BCUT2D eigenvalue weighted by Crippen LogP contribution is 2.33. The second-order valence-electron chi connectivity index (χ2n) is 35.6. The maximum atomic E-state index is 12.6. The highest BCUT2D eigenvalue weighted by atomic mass is 35.5. The third-order valence-corrected chi connectivity index (χ3v) is 32.1. The maximum absolute atomic E-state index is 12.6. The zero-order chi connectivity index (χ0) is 108. The number of sulfonamides is 2. The molecule has 147 heavy (non-hydrogen) atoms. The van der Waals surface area contributed by atoms with Crippen LogP contribution in [0, 0.1) is 69.2 Å². The lowest BCUT2D eigenvalue weighted by Crippen LogP contribution is -2.36. The lowest BCUT2D eigenvalue weighted by molar-refractivity contribution is -0.117. The number of fused-ring (bicyclic) bond motifs is 1. The number of carbonyl (C=O) groups is 4. The van der Waals surface area contributed by atoms with Crippen LogP contribution in [0.15, 0.2) is 267 Å². The van der Waals surface area contributed by atoms with Crippen molar-refractivity contribution in [2.24, 2.45) is 0 Å². The molecule has 0 unspecified atom stereocenters. The number of hydrogen-bond donors (Lipinski definition) is 9. The number of ether oxygens (including phenoxy) is 1. The summed E-state index contributed by atoms with van der Waals surface area (Å²) >= 11 is 5.38. The van der Waals surface area contributed by atoms with E-state index in [1.54, 1.807) is 38.2 Å². The van der Waals surface area contributed by atoms with Crippen LogP contribution < -0.4 is 67.6 Å². The van der Waals surface area contributed by atoms with Crippen molar-refractivity contribution >= 4 is 153 Å². The van der Waals surface area contributed by atoms with Gasteiger partial charge in [-0.2, -0.15) is 51.7 Å². The Bertz CT molecular complexity index is 6760. The molecule has 0 bridgehead atoms. The van der Waals surface area contributed by atoms with Crippen molar-refractivity contribution in [1.29, 1.82) is 0 Å². The molecule has 6 amide bonds. The van der Waals surface area contributed by atoms with Gasteiger partial charge in [0.15, 0.2) is 0 Å². The van der Waals surface area contributed by atoms with E-state index in [-0.39, 0.29) is 36.1 Å². The number of methoxy groups -OCH3 is 1. The minimum atomic E-state index is -3.49. The normalized spacial score (nSPS) is 15.1. The van der Waals surface area contributed by atoms with Crippen LogP contribution in [0.3, 0.4) is 0 Å². The largest absolute Gasteiger partial charge is 0.453 e. The Balaban J connectivity index is 0.000000200. The zero-order valence-electron chi connectivity index (χ0n) is 86.2. The van der Waals surface area contributed by atoms with E-state index < -0.39 is 67.0 Å².